The summed E-state index contributed by atoms with van der Waals surface area (Å²) in [6.45, 7) is 2.47. The minimum Gasteiger partial charge on any atom is -0.497 e. The van der Waals surface area contributed by atoms with Crippen molar-refractivity contribution < 1.29 is 41.9 Å². The first-order valence-electron chi connectivity index (χ1n) is 12.4. The zero-order chi connectivity index (χ0) is 29.1. The molecule has 218 valence electrons. The first-order chi connectivity index (χ1) is 19.4. The number of nitrogens with two attached hydrogens (primary N) is 1. The van der Waals surface area contributed by atoms with E-state index in [2.05, 4.69) is 15.0 Å². The number of nitrogens with zero attached hydrogens (tertiary/aromatic N) is 3. The van der Waals surface area contributed by atoms with Crippen molar-refractivity contribution in [3.63, 3.8) is 0 Å². The van der Waals surface area contributed by atoms with Crippen molar-refractivity contribution in [1.29, 1.82) is 0 Å². The molecular weight excluding hydrogens is 565 g/mol. The number of aromatic nitrogens is 4. The molecule has 2 aliphatic heterocycles. The summed E-state index contributed by atoms with van der Waals surface area (Å²) in [5.74, 6) is -0.638. The SMILES string of the molecule is COc1ccc2c(=O)cc(COP(=O)(O)OC[C@H]3O[C@@H](n4cnc5c(=O)[nH]c(N)nc54)[C@@H]4OC(C)(C)O[C@@H]43)oc2c1. The molecule has 6 rings (SSSR count). The Labute approximate surface area is 230 Å². The minimum absolute atomic E-state index is 0.00824. The smallest absolute Gasteiger partial charge is 0.472 e. The van der Waals surface area contributed by atoms with Crippen molar-refractivity contribution in [2.45, 2.75) is 50.8 Å². The summed E-state index contributed by atoms with van der Waals surface area (Å²) in [4.78, 5) is 45.7. The van der Waals surface area contributed by atoms with Crippen LogP contribution in [0.3, 0.4) is 0 Å². The fourth-order valence-corrected chi connectivity index (χ4v) is 5.58. The predicted molar refractivity (Wildman–Crippen MR) is 140 cm³/mol. The van der Waals surface area contributed by atoms with Gasteiger partial charge in [-0.05, 0) is 26.0 Å². The van der Waals surface area contributed by atoms with E-state index < -0.39 is 56.9 Å². The van der Waals surface area contributed by atoms with E-state index in [1.54, 1.807) is 26.0 Å². The van der Waals surface area contributed by atoms with Gasteiger partial charge in [-0.15, -0.1) is 0 Å². The van der Waals surface area contributed by atoms with Crippen LogP contribution in [0.1, 0.15) is 25.8 Å². The topological polar surface area (TPSA) is 212 Å². The number of hydrogen-bond acceptors (Lipinski definition) is 13. The summed E-state index contributed by atoms with van der Waals surface area (Å²) in [6.07, 6.45) is -1.84. The number of fused-ring (bicyclic) bond motifs is 3. The van der Waals surface area contributed by atoms with E-state index in [0.717, 1.165) is 6.07 Å². The summed E-state index contributed by atoms with van der Waals surface area (Å²) < 4.78 is 53.5. The van der Waals surface area contributed by atoms with Crippen LogP contribution in [0.4, 0.5) is 5.95 Å². The average Bonchev–Trinajstić information content (AvgIpc) is 3.56. The summed E-state index contributed by atoms with van der Waals surface area (Å²) in [5, 5.41) is 0.315. The van der Waals surface area contributed by atoms with Crippen LogP contribution in [0.5, 0.6) is 5.75 Å². The van der Waals surface area contributed by atoms with Gasteiger partial charge in [0.15, 0.2) is 28.6 Å². The maximum absolute atomic E-state index is 12.7. The number of ether oxygens (including phenoxy) is 4. The van der Waals surface area contributed by atoms with Gasteiger partial charge in [0.1, 0.15) is 42.0 Å². The van der Waals surface area contributed by atoms with Crippen LogP contribution in [0.15, 0.2) is 44.6 Å². The number of phosphoric ester groups is 1. The van der Waals surface area contributed by atoms with Crippen molar-refractivity contribution >= 4 is 35.9 Å². The number of nitrogen functional groups attached to an aromatic ring is 1. The Kier molecular flexibility index (Phi) is 6.73. The van der Waals surface area contributed by atoms with Gasteiger partial charge < -0.3 is 34.0 Å². The van der Waals surface area contributed by atoms with Gasteiger partial charge in [0, 0.05) is 12.1 Å². The van der Waals surface area contributed by atoms with E-state index in [9.17, 15) is 19.0 Å². The van der Waals surface area contributed by atoms with Gasteiger partial charge >= 0.3 is 7.82 Å². The molecule has 4 aromatic rings. The van der Waals surface area contributed by atoms with Gasteiger partial charge in [-0.2, -0.15) is 4.98 Å². The van der Waals surface area contributed by atoms with E-state index in [4.69, 9.17) is 38.1 Å². The van der Waals surface area contributed by atoms with Gasteiger partial charge in [0.25, 0.3) is 5.56 Å². The second kappa shape index (κ2) is 10.0. The molecule has 0 aliphatic carbocycles. The van der Waals surface area contributed by atoms with E-state index in [0.29, 0.717) is 11.1 Å². The maximum Gasteiger partial charge on any atom is 0.472 e. The van der Waals surface area contributed by atoms with Crippen LogP contribution in [-0.2, 0) is 34.4 Å². The molecule has 0 saturated carbocycles. The summed E-state index contributed by atoms with van der Waals surface area (Å²) in [7, 11) is -3.19. The molecule has 2 saturated heterocycles. The fraction of sp³-hybridized carbons (Fsp3) is 0.417. The van der Waals surface area contributed by atoms with Crippen LogP contribution < -0.4 is 21.5 Å². The lowest BCUT2D eigenvalue weighted by Gasteiger charge is -2.25. The molecular formula is C24H26N5O11P. The Hall–Kier alpha value is -3.63. The van der Waals surface area contributed by atoms with Crippen molar-refractivity contribution in [3.8, 4) is 5.75 Å². The highest BCUT2D eigenvalue weighted by atomic mass is 31.2. The van der Waals surface area contributed by atoms with Gasteiger partial charge in [0.2, 0.25) is 5.95 Å². The quantitative estimate of drug-likeness (QED) is 0.248. The normalized spacial score (nSPS) is 25.0. The number of imidazole rings is 1. The van der Waals surface area contributed by atoms with Crippen molar-refractivity contribution in [3.05, 3.63) is 56.9 Å². The number of phosphoric acid groups is 1. The lowest BCUT2D eigenvalue weighted by atomic mass is 10.1. The molecule has 2 aliphatic rings. The molecule has 0 bridgehead atoms. The number of hydrogen-bond donors (Lipinski definition) is 3. The average molecular weight is 591 g/mol. The Morgan fingerprint density at radius 3 is 2.76 bits per heavy atom. The standard InChI is InChI=1S/C24H26N5O11P/c1-24(2)39-18-16(38-22(19(18)40-24)29-10-26-17-20(29)27-23(25)28-21(17)31)9-36-41(32,33)35-8-12-6-14(30)13-5-4-11(34-3)7-15(13)37-12/h4-7,10,16,18-19,22H,8-9H2,1-3H3,(H,32,33)(H3,25,27,28,31)/t16-,18-,19-,22-/m1/s1. The molecule has 1 unspecified atom stereocenters. The van der Waals surface area contributed by atoms with Crippen molar-refractivity contribution in [1.82, 2.24) is 19.5 Å². The van der Waals surface area contributed by atoms with E-state index in [-0.39, 0.29) is 33.9 Å². The highest BCUT2D eigenvalue weighted by Crippen LogP contribution is 2.48. The van der Waals surface area contributed by atoms with Crippen LogP contribution >= 0.6 is 7.82 Å². The lowest BCUT2D eigenvalue weighted by Crippen LogP contribution is -2.32. The van der Waals surface area contributed by atoms with Gasteiger partial charge in [0.05, 0.1) is 25.4 Å². The fourth-order valence-electron chi connectivity index (χ4n) is 4.88. The van der Waals surface area contributed by atoms with Crippen molar-refractivity contribution in [2.24, 2.45) is 0 Å². The number of aromatic amines is 1. The zero-order valence-electron chi connectivity index (χ0n) is 22.0. The number of benzene rings is 1. The number of rotatable bonds is 8. The molecule has 5 heterocycles. The molecule has 3 aromatic heterocycles. The zero-order valence-corrected chi connectivity index (χ0v) is 22.9. The number of nitrogens with one attached hydrogen (secondary N) is 1. The second-order valence-corrected chi connectivity index (χ2v) is 11.3. The molecule has 0 spiro atoms. The van der Waals surface area contributed by atoms with Gasteiger partial charge in [-0.1, -0.05) is 0 Å². The van der Waals surface area contributed by atoms with Crippen molar-refractivity contribution in [2.75, 3.05) is 19.5 Å². The molecule has 1 aromatic carbocycles. The molecule has 0 radical (unpaired) electrons. The largest absolute Gasteiger partial charge is 0.497 e. The molecule has 2 fully saturated rings. The molecule has 5 atom stereocenters. The Morgan fingerprint density at radius 2 is 1.98 bits per heavy atom. The predicted octanol–water partition coefficient (Wildman–Crippen LogP) is 1.57. The Balaban J connectivity index is 1.17. The molecule has 41 heavy (non-hydrogen) atoms. The van der Waals surface area contributed by atoms with E-state index >= 15 is 0 Å². The summed E-state index contributed by atoms with van der Waals surface area (Å²) in [5.41, 5.74) is 5.27. The highest BCUT2D eigenvalue weighted by molar-refractivity contribution is 7.47. The van der Waals surface area contributed by atoms with Crippen LogP contribution in [0, 0.1) is 0 Å². The first-order valence-corrected chi connectivity index (χ1v) is 13.9. The molecule has 0 amide bonds. The Morgan fingerprint density at radius 1 is 1.20 bits per heavy atom. The minimum atomic E-state index is -4.66. The maximum atomic E-state index is 12.7. The second-order valence-electron chi connectivity index (χ2n) is 9.88. The molecule has 4 N–H and O–H groups in total. The summed E-state index contributed by atoms with van der Waals surface area (Å²) in [6, 6.07) is 5.86. The van der Waals surface area contributed by atoms with Crippen LogP contribution in [-0.4, -0.2) is 62.2 Å². The summed E-state index contributed by atoms with van der Waals surface area (Å²) >= 11 is 0. The third-order valence-corrected chi connectivity index (χ3v) is 7.54. The molecule has 16 nitrogen and oxygen atoms in total. The monoisotopic (exact) mass is 591 g/mol. The first kappa shape index (κ1) is 27.5. The number of H-pyrrole nitrogens is 1. The van der Waals surface area contributed by atoms with Crippen LogP contribution in [0.25, 0.3) is 22.1 Å². The highest BCUT2D eigenvalue weighted by Gasteiger charge is 2.56. The van der Waals surface area contributed by atoms with Gasteiger partial charge in [-0.3, -0.25) is 28.2 Å². The van der Waals surface area contributed by atoms with Crippen LogP contribution in [0.2, 0.25) is 0 Å². The molecule has 17 heteroatoms. The van der Waals surface area contributed by atoms with E-state index in [1.807, 2.05) is 0 Å². The Bertz CT molecular complexity index is 1800. The van der Waals surface area contributed by atoms with Gasteiger partial charge in [-0.25, -0.2) is 9.55 Å². The third kappa shape index (κ3) is 5.26. The number of anilines is 1. The third-order valence-electron chi connectivity index (χ3n) is 6.61. The number of methoxy groups -OCH3 is 1. The lowest BCUT2D eigenvalue weighted by molar-refractivity contribution is -0.199. The van der Waals surface area contributed by atoms with E-state index in [1.165, 1.54) is 24.1 Å².